The fourth-order valence-corrected chi connectivity index (χ4v) is 9.17. The van der Waals surface area contributed by atoms with Crippen LogP contribution in [0.25, 0.3) is 0 Å². The highest BCUT2D eigenvalue weighted by Gasteiger charge is 2.37. The summed E-state index contributed by atoms with van der Waals surface area (Å²) in [6, 6.07) is 13.4. The summed E-state index contributed by atoms with van der Waals surface area (Å²) < 4.78 is 0. The first-order chi connectivity index (χ1) is 43.6. The van der Waals surface area contributed by atoms with Gasteiger partial charge < -0.3 is 96.7 Å². The van der Waals surface area contributed by atoms with E-state index in [2.05, 4.69) is 52.5 Å². The van der Waals surface area contributed by atoms with Crippen LogP contribution in [0.2, 0.25) is 0 Å². The summed E-state index contributed by atoms with van der Waals surface area (Å²) >= 11 is 0. The van der Waals surface area contributed by atoms with Gasteiger partial charge in [-0.15, -0.1) is 0 Å². The second kappa shape index (κ2) is 37.2. The van der Waals surface area contributed by atoms with Crippen molar-refractivity contribution in [1.29, 1.82) is 0 Å². The van der Waals surface area contributed by atoms with E-state index in [1.54, 1.807) is 60.7 Å². The van der Waals surface area contributed by atoms with E-state index in [1.807, 2.05) is 0 Å². The average Bonchev–Trinajstić information content (AvgIpc) is 0.946. The van der Waals surface area contributed by atoms with Crippen molar-refractivity contribution in [2.24, 2.45) is 44.6 Å². The van der Waals surface area contributed by atoms with Gasteiger partial charge in [0.1, 0.15) is 59.8 Å². The number of aromatic hydroxyl groups is 2. The van der Waals surface area contributed by atoms with Crippen LogP contribution in [0.4, 0.5) is 0 Å². The third kappa shape index (κ3) is 26.5. The lowest BCUT2D eigenvalue weighted by atomic mass is 9.99. The normalized spacial score (nSPS) is 13.8. The molecule has 92 heavy (non-hydrogen) atoms. The van der Waals surface area contributed by atoms with Gasteiger partial charge in [-0.05, 0) is 84.5 Å². The second-order valence-electron chi connectivity index (χ2n) is 21.8. The van der Waals surface area contributed by atoms with Crippen molar-refractivity contribution in [2.45, 2.75) is 132 Å². The van der Waals surface area contributed by atoms with Gasteiger partial charge in [0.2, 0.25) is 47.3 Å². The Morgan fingerprint density at radius 2 is 0.707 bits per heavy atom. The largest absolute Gasteiger partial charge is 0.508 e. The molecule has 4 aromatic rings. The molecule has 0 aromatic heterocycles. The van der Waals surface area contributed by atoms with E-state index in [-0.39, 0.29) is 81.5 Å². The number of carboxylic acid groups (broad SMARTS) is 3. The van der Waals surface area contributed by atoms with E-state index in [9.17, 15) is 78.3 Å². The molecule has 496 valence electrons. The Balaban J connectivity index is 1.62. The van der Waals surface area contributed by atoms with Gasteiger partial charge >= 0.3 is 17.9 Å². The first-order valence-electron chi connectivity index (χ1n) is 29.2. The number of hydrogen-bond acceptors (Lipinski definition) is 16. The van der Waals surface area contributed by atoms with Gasteiger partial charge in [-0.25, -0.2) is 4.79 Å². The summed E-state index contributed by atoms with van der Waals surface area (Å²) in [5, 5.41) is 69.5. The van der Waals surface area contributed by atoms with Crippen molar-refractivity contribution >= 4 is 77.1 Å². The molecule has 4 aromatic carbocycles. The molecule has 0 spiro atoms. The maximum Gasteiger partial charge on any atom is 0.326 e. The Morgan fingerprint density at radius 3 is 1.10 bits per heavy atom. The predicted molar refractivity (Wildman–Crippen MR) is 334 cm³/mol. The van der Waals surface area contributed by atoms with E-state index in [4.69, 9.17) is 28.7 Å². The van der Waals surface area contributed by atoms with Crippen molar-refractivity contribution in [1.82, 2.24) is 42.5 Å². The van der Waals surface area contributed by atoms with Crippen LogP contribution in [-0.2, 0) is 78.4 Å². The number of nitrogens with two attached hydrogens (primary N) is 5. The predicted octanol–water partition coefficient (Wildman–Crippen LogP) is -2.63. The molecule has 31 heteroatoms. The monoisotopic (exact) mass is 1280 g/mol. The molecule has 0 heterocycles. The van der Waals surface area contributed by atoms with E-state index < -0.39 is 145 Å². The minimum absolute atomic E-state index is 0.00106. The molecule has 9 atom stereocenters. The Kier molecular flexibility index (Phi) is 29.8. The Hall–Kier alpha value is -10.9. The van der Waals surface area contributed by atoms with E-state index >= 15 is 0 Å². The molecular weight excluding hydrogens is 1200 g/mol. The van der Waals surface area contributed by atoms with Crippen LogP contribution in [0.5, 0.6) is 11.5 Å². The van der Waals surface area contributed by atoms with Crippen LogP contribution < -0.4 is 71.2 Å². The molecule has 8 amide bonds. The van der Waals surface area contributed by atoms with Gasteiger partial charge in [-0.3, -0.25) is 57.9 Å². The number of carboxylic acids is 3. The number of nitrogens with zero attached hydrogens (tertiary/aromatic N) is 2. The molecule has 0 aliphatic carbocycles. The van der Waals surface area contributed by atoms with Gasteiger partial charge in [0.15, 0.2) is 11.9 Å². The molecule has 31 nitrogen and oxygen atoms in total. The van der Waals surface area contributed by atoms with Crippen LogP contribution >= 0.6 is 0 Å². The SMILES string of the molecule is CC(C)[C@H](NC(=O)[C@H](Cc1ccc(O)cc1)NC(=O)[C@H](CC(=O)O)NC(=O)[C@H](CCCN=C(N)N)NC(=O)[C@@H](N)Cc1ccccc1)C(=O)N[C@@H](CC(=O)O)C(=O)N[C@@H](CCCN=C(N)N)C(=O)N[C@@H](Cc1ccccc1)C(=O)N[C@@H](Cc1ccc(O)cc1)C(=O)O. The van der Waals surface area contributed by atoms with Crippen LogP contribution in [0.1, 0.15) is 74.6 Å². The number of benzene rings is 4. The molecule has 0 fully saturated rings. The number of phenolic OH excluding ortho intramolecular Hbond substituents is 2. The minimum Gasteiger partial charge on any atom is -0.508 e. The highest BCUT2D eigenvalue weighted by molar-refractivity contribution is 5.99. The summed E-state index contributed by atoms with van der Waals surface area (Å²) in [6.45, 7) is 2.85. The van der Waals surface area contributed by atoms with Crippen LogP contribution in [0.15, 0.2) is 119 Å². The summed E-state index contributed by atoms with van der Waals surface area (Å²) in [4.78, 5) is 158. The highest BCUT2D eigenvalue weighted by Crippen LogP contribution is 2.16. The van der Waals surface area contributed by atoms with Gasteiger partial charge in [0, 0.05) is 32.4 Å². The Labute approximate surface area is 529 Å². The Morgan fingerprint density at radius 1 is 0.391 bits per heavy atom. The van der Waals surface area contributed by atoms with Crippen LogP contribution in [-0.4, -0.2) is 170 Å². The standard InChI is InChI=1S/C61H81N15O16/c1-33(2)50(76-57(89)44(29-36-17-21-38(77)22-18-36)72-56(88)45(31-48(79)80)73-52(84)41(15-9-25-67-60(63)64)69-51(83)40(62)27-34-11-5-3-6-12-34)58(90)74-46(32-49(81)82)55(87)70-42(16-10-26-68-61(65)66)53(85)71-43(28-35-13-7-4-8-14-35)54(86)75-47(59(91)92)30-37-19-23-39(78)24-20-37/h3-8,11-14,17-24,33,40-47,50,77-78H,9-10,15-16,25-32,62H2,1-2H3,(H,69,83)(H,70,87)(H,71,85)(H,72,88)(H,73,84)(H,74,90)(H,75,86)(H,76,89)(H,79,80)(H,81,82)(H,91,92)(H4,63,64,67)(H4,65,66,68)/t40-,41-,42-,43-,44-,45-,46-,47-,50-/m0/s1. The van der Waals surface area contributed by atoms with Gasteiger partial charge in [0.05, 0.1) is 18.9 Å². The number of nitrogens with one attached hydrogen (secondary N) is 8. The number of aliphatic carboxylic acids is 3. The summed E-state index contributed by atoms with van der Waals surface area (Å²) in [5.74, 6) is -14.8. The molecule has 23 N–H and O–H groups in total. The molecule has 0 saturated carbocycles. The van der Waals surface area contributed by atoms with Gasteiger partial charge in [0.25, 0.3) is 0 Å². The van der Waals surface area contributed by atoms with E-state index in [1.165, 1.54) is 62.4 Å². The number of carbonyl (C=O) groups is 11. The lowest BCUT2D eigenvalue weighted by Crippen LogP contribution is -2.61. The first kappa shape index (κ1) is 73.6. The van der Waals surface area contributed by atoms with E-state index in [0.717, 1.165) is 0 Å². The van der Waals surface area contributed by atoms with Crippen molar-refractivity contribution in [3.8, 4) is 11.5 Å². The molecule has 0 unspecified atom stereocenters. The van der Waals surface area contributed by atoms with Gasteiger partial charge in [-0.2, -0.15) is 0 Å². The number of carbonyl (C=O) groups excluding carboxylic acids is 8. The van der Waals surface area contributed by atoms with Crippen molar-refractivity contribution in [2.75, 3.05) is 13.1 Å². The molecular formula is C61H81N15O16. The maximum atomic E-state index is 14.5. The summed E-state index contributed by atoms with van der Waals surface area (Å²) in [6.07, 6.45) is -3.23. The van der Waals surface area contributed by atoms with Crippen molar-refractivity contribution < 1.29 is 78.3 Å². The topological polar surface area (TPSA) is 540 Å². The lowest BCUT2D eigenvalue weighted by molar-refractivity contribution is -0.142. The number of aliphatic imine (C=N–C) groups is 2. The zero-order chi connectivity index (χ0) is 68.0. The molecule has 0 radical (unpaired) electrons. The number of rotatable bonds is 38. The summed E-state index contributed by atoms with van der Waals surface area (Å²) in [5.41, 5.74) is 30.1. The molecule has 4 rings (SSSR count). The molecule has 0 aliphatic rings. The van der Waals surface area contributed by atoms with Crippen LogP contribution in [0.3, 0.4) is 0 Å². The zero-order valence-corrected chi connectivity index (χ0v) is 50.7. The number of hydrogen-bond donors (Lipinski definition) is 18. The molecule has 0 saturated heterocycles. The number of phenols is 2. The van der Waals surface area contributed by atoms with E-state index in [0.29, 0.717) is 22.3 Å². The van der Waals surface area contributed by atoms with Crippen LogP contribution in [0, 0.1) is 5.92 Å². The maximum absolute atomic E-state index is 14.5. The highest BCUT2D eigenvalue weighted by atomic mass is 16.4. The number of amides is 8. The third-order valence-electron chi connectivity index (χ3n) is 14.0. The smallest absolute Gasteiger partial charge is 0.326 e. The van der Waals surface area contributed by atoms with Crippen molar-refractivity contribution in [3.63, 3.8) is 0 Å². The zero-order valence-electron chi connectivity index (χ0n) is 50.7. The third-order valence-corrected chi connectivity index (χ3v) is 14.0. The number of guanidine groups is 2. The average molecular weight is 1280 g/mol. The van der Waals surface area contributed by atoms with Gasteiger partial charge in [-0.1, -0.05) is 98.8 Å². The van der Waals surface area contributed by atoms with Crippen molar-refractivity contribution in [3.05, 3.63) is 131 Å². The lowest BCUT2D eigenvalue weighted by Gasteiger charge is -2.29. The first-order valence-corrected chi connectivity index (χ1v) is 29.2. The quantitative estimate of drug-likeness (QED) is 0.0124. The summed E-state index contributed by atoms with van der Waals surface area (Å²) in [7, 11) is 0. The Bertz CT molecular complexity index is 3220. The fraction of sp³-hybridized carbons (Fsp3) is 0.393. The fourth-order valence-electron chi connectivity index (χ4n) is 9.17. The minimum atomic E-state index is -1.99. The molecule has 0 bridgehead atoms. The molecule has 0 aliphatic heterocycles. The second-order valence-corrected chi connectivity index (χ2v) is 21.8.